The Bertz CT molecular complexity index is 3230. The molecule has 56 heavy (non-hydrogen) atoms. The van der Waals surface area contributed by atoms with E-state index in [-0.39, 0.29) is 14.5 Å². The molecule has 262 valence electrons. The van der Waals surface area contributed by atoms with E-state index in [4.69, 9.17) is 0 Å². The van der Waals surface area contributed by atoms with E-state index in [0.717, 1.165) is 0 Å². The van der Waals surface area contributed by atoms with Crippen LogP contribution in [0, 0.1) is 0 Å². The zero-order valence-corrected chi connectivity index (χ0v) is 32.3. The Kier molecular flexibility index (Phi) is 7.91. The Morgan fingerprint density at radius 2 is 0.732 bits per heavy atom. The third-order valence-corrected chi connectivity index (χ3v) is 13.9. The van der Waals surface area contributed by atoms with E-state index >= 15 is 0 Å². The van der Waals surface area contributed by atoms with Gasteiger partial charge in [-0.1, -0.05) is 18.2 Å². The molecule has 0 fully saturated rings. The molecule has 0 spiro atoms. The number of hydrogen-bond donors (Lipinski definition) is 0. The zero-order valence-electron chi connectivity index (χ0n) is 30.6. The Labute approximate surface area is 332 Å². The third-order valence-electron chi connectivity index (χ3n) is 11.2. The van der Waals surface area contributed by atoms with Gasteiger partial charge in [0.1, 0.15) is 0 Å². The number of aromatic nitrogens is 1. The van der Waals surface area contributed by atoms with Crippen LogP contribution in [0.1, 0.15) is 0 Å². The van der Waals surface area contributed by atoms with Gasteiger partial charge in [0.2, 0.25) is 0 Å². The van der Waals surface area contributed by atoms with Crippen molar-refractivity contribution in [3.05, 3.63) is 212 Å². The van der Waals surface area contributed by atoms with Gasteiger partial charge >= 0.3 is 316 Å². The average molecular weight is 777 g/mol. The molecule has 2 heteroatoms. The normalized spacial score (nSPS) is 11.6. The standard InChI is InChI=1S/C54H35NSe/c1-4-15-36(16-5-1)38-19-12-20-39(31-38)41-32-42(40-29-30-52-50(35-40)47-23-10-11-28-51(47)55(52)44-21-8-3-9-22-44)34-43(33-41)46-25-14-27-49-48-26-13-24-45(53(48)56-54(46)49)37-17-6-2-7-18-37/h1-35H. The van der Waals surface area contributed by atoms with Crippen LogP contribution in [-0.2, 0) is 0 Å². The van der Waals surface area contributed by atoms with E-state index in [1.165, 1.54) is 102 Å². The van der Waals surface area contributed by atoms with Crippen molar-refractivity contribution >= 4 is 55.6 Å². The number of fused-ring (bicyclic) bond motifs is 6. The Morgan fingerprint density at radius 3 is 1.43 bits per heavy atom. The van der Waals surface area contributed by atoms with Crippen molar-refractivity contribution < 1.29 is 0 Å². The Hall–Kier alpha value is -6.70. The van der Waals surface area contributed by atoms with Gasteiger partial charge < -0.3 is 0 Å². The number of rotatable bonds is 6. The number of nitrogens with zero attached hydrogens (tertiary/aromatic N) is 1. The van der Waals surface area contributed by atoms with Crippen molar-refractivity contribution in [2.45, 2.75) is 0 Å². The molecule has 0 saturated heterocycles. The van der Waals surface area contributed by atoms with Crippen molar-refractivity contribution in [2.24, 2.45) is 0 Å². The maximum absolute atomic E-state index is 2.43. The molecule has 0 amide bonds. The molecule has 11 aromatic rings. The van der Waals surface area contributed by atoms with Crippen LogP contribution in [0.2, 0.25) is 0 Å². The average Bonchev–Trinajstić information content (AvgIpc) is 3.83. The van der Waals surface area contributed by atoms with Crippen LogP contribution in [0.3, 0.4) is 0 Å². The van der Waals surface area contributed by atoms with Crippen molar-refractivity contribution in [2.75, 3.05) is 0 Å². The quantitative estimate of drug-likeness (QED) is 0.148. The van der Waals surface area contributed by atoms with E-state index < -0.39 is 0 Å². The van der Waals surface area contributed by atoms with Crippen LogP contribution in [0.4, 0.5) is 0 Å². The summed E-state index contributed by atoms with van der Waals surface area (Å²) in [7, 11) is 0. The molecular formula is C54H35NSe. The molecule has 11 rings (SSSR count). The van der Waals surface area contributed by atoms with Gasteiger partial charge in [0, 0.05) is 0 Å². The van der Waals surface area contributed by atoms with Crippen molar-refractivity contribution in [1.29, 1.82) is 0 Å². The topological polar surface area (TPSA) is 4.93 Å². The van der Waals surface area contributed by atoms with Gasteiger partial charge in [-0.05, 0) is 0 Å². The summed E-state index contributed by atoms with van der Waals surface area (Å²) in [6.45, 7) is 0. The molecule has 0 atom stereocenters. The molecule has 1 nitrogen and oxygen atoms in total. The van der Waals surface area contributed by atoms with E-state index in [2.05, 4.69) is 217 Å². The van der Waals surface area contributed by atoms with Crippen molar-refractivity contribution in [3.63, 3.8) is 0 Å². The van der Waals surface area contributed by atoms with Gasteiger partial charge in [-0.15, -0.1) is 0 Å². The second-order valence-electron chi connectivity index (χ2n) is 14.5. The van der Waals surface area contributed by atoms with E-state index in [9.17, 15) is 0 Å². The second kappa shape index (κ2) is 13.6. The number of para-hydroxylation sites is 2. The molecule has 0 aliphatic heterocycles. The van der Waals surface area contributed by atoms with Crippen LogP contribution in [0.15, 0.2) is 212 Å². The minimum atomic E-state index is 0.148. The first kappa shape index (κ1) is 32.7. The van der Waals surface area contributed by atoms with Crippen LogP contribution in [-0.4, -0.2) is 19.1 Å². The SMILES string of the molecule is c1ccc(-c2cccc(-c3cc(-c4ccc5c(c4)c4ccccc4n5-c4ccccc4)cc(-c4cccc5c4[se]c4c(-c6ccccc6)cccc45)c3)c2)cc1. The Morgan fingerprint density at radius 1 is 0.268 bits per heavy atom. The zero-order chi connectivity index (χ0) is 37.0. The van der Waals surface area contributed by atoms with Crippen LogP contribution in [0.5, 0.6) is 0 Å². The van der Waals surface area contributed by atoms with Gasteiger partial charge in [-0.25, -0.2) is 0 Å². The summed E-state index contributed by atoms with van der Waals surface area (Å²) in [5, 5.41) is 5.25. The third kappa shape index (κ3) is 5.54. The molecule has 0 radical (unpaired) electrons. The first-order valence-corrected chi connectivity index (χ1v) is 20.9. The van der Waals surface area contributed by atoms with Crippen LogP contribution in [0.25, 0.3) is 102 Å². The molecule has 2 heterocycles. The Balaban J connectivity index is 1.14. The van der Waals surface area contributed by atoms with Gasteiger partial charge in [0.25, 0.3) is 0 Å². The first-order valence-electron chi connectivity index (χ1n) is 19.2. The first-order chi connectivity index (χ1) is 27.8. The predicted octanol–water partition coefficient (Wildman–Crippen LogP) is 14.5. The van der Waals surface area contributed by atoms with E-state index in [0.29, 0.717) is 0 Å². The summed E-state index contributed by atoms with van der Waals surface area (Å²) < 4.78 is 5.32. The van der Waals surface area contributed by atoms with Crippen molar-refractivity contribution in [1.82, 2.24) is 4.57 Å². The molecule has 0 saturated carbocycles. The summed E-state index contributed by atoms with van der Waals surface area (Å²) >= 11 is 0.148. The molecule has 2 aromatic heterocycles. The minimum absolute atomic E-state index is 0.148. The molecule has 0 N–H and O–H groups in total. The second-order valence-corrected chi connectivity index (χ2v) is 16.6. The van der Waals surface area contributed by atoms with E-state index in [1.54, 1.807) is 0 Å². The fourth-order valence-corrected chi connectivity index (χ4v) is 11.4. The molecule has 0 aliphatic rings. The fourth-order valence-electron chi connectivity index (χ4n) is 8.53. The molecule has 0 aliphatic carbocycles. The summed E-state index contributed by atoms with van der Waals surface area (Å²) in [6, 6.07) is 78.1. The van der Waals surface area contributed by atoms with Crippen LogP contribution < -0.4 is 0 Å². The van der Waals surface area contributed by atoms with Gasteiger partial charge in [0.15, 0.2) is 0 Å². The predicted molar refractivity (Wildman–Crippen MR) is 240 cm³/mol. The fraction of sp³-hybridized carbons (Fsp3) is 0. The molecule has 0 unspecified atom stereocenters. The van der Waals surface area contributed by atoms with Crippen LogP contribution >= 0.6 is 0 Å². The number of benzene rings is 9. The molecular weight excluding hydrogens is 742 g/mol. The van der Waals surface area contributed by atoms with E-state index in [1.807, 2.05) is 0 Å². The van der Waals surface area contributed by atoms with Gasteiger partial charge in [-0.3, -0.25) is 0 Å². The summed E-state index contributed by atoms with van der Waals surface area (Å²) in [5.41, 5.74) is 16.1. The van der Waals surface area contributed by atoms with Gasteiger partial charge in [-0.2, -0.15) is 0 Å². The molecule has 9 aromatic carbocycles. The summed E-state index contributed by atoms with van der Waals surface area (Å²) in [6.07, 6.45) is 0. The number of hydrogen-bond acceptors (Lipinski definition) is 0. The molecule has 0 bridgehead atoms. The maximum atomic E-state index is 2.43. The van der Waals surface area contributed by atoms with Crippen molar-refractivity contribution in [3.8, 4) is 61.3 Å². The summed E-state index contributed by atoms with van der Waals surface area (Å²) in [4.78, 5) is 0. The van der Waals surface area contributed by atoms with Gasteiger partial charge in [0.05, 0.1) is 0 Å². The summed E-state index contributed by atoms with van der Waals surface area (Å²) in [5.74, 6) is 0. The monoisotopic (exact) mass is 777 g/mol.